The first-order chi connectivity index (χ1) is 15.8. The van der Waals surface area contributed by atoms with Gasteiger partial charge in [-0.05, 0) is 55.5 Å². The number of halogens is 1. The highest BCUT2D eigenvalue weighted by molar-refractivity contribution is 6.46. The number of amides is 1. The van der Waals surface area contributed by atoms with Crippen LogP contribution in [0.2, 0.25) is 0 Å². The lowest BCUT2D eigenvalue weighted by molar-refractivity contribution is -0.141. The van der Waals surface area contributed by atoms with Crippen molar-refractivity contribution >= 4 is 17.4 Å². The summed E-state index contributed by atoms with van der Waals surface area (Å²) in [6.07, 6.45) is 3.43. The molecule has 1 saturated heterocycles. The molecule has 0 radical (unpaired) electrons. The van der Waals surface area contributed by atoms with Gasteiger partial charge in [0.1, 0.15) is 17.3 Å². The summed E-state index contributed by atoms with van der Waals surface area (Å²) in [4.78, 5) is 27.8. The second-order valence-electron chi connectivity index (χ2n) is 9.01. The second kappa shape index (κ2) is 9.38. The third-order valence-corrected chi connectivity index (χ3v) is 6.60. The van der Waals surface area contributed by atoms with E-state index in [0.717, 1.165) is 31.2 Å². The van der Waals surface area contributed by atoms with Gasteiger partial charge in [-0.3, -0.25) is 9.59 Å². The fourth-order valence-corrected chi connectivity index (χ4v) is 5.00. The summed E-state index contributed by atoms with van der Waals surface area (Å²) < 4.78 is 20.6. The van der Waals surface area contributed by atoms with E-state index in [1.54, 1.807) is 36.4 Å². The van der Waals surface area contributed by atoms with Gasteiger partial charge in [-0.1, -0.05) is 44.9 Å². The van der Waals surface area contributed by atoms with Crippen LogP contribution in [0.25, 0.3) is 5.76 Å². The molecule has 1 saturated carbocycles. The van der Waals surface area contributed by atoms with Crippen molar-refractivity contribution < 1.29 is 23.8 Å². The molecule has 2 aromatic rings. The summed E-state index contributed by atoms with van der Waals surface area (Å²) in [6.45, 7) is 6.43. The Bertz CT molecular complexity index is 1100. The van der Waals surface area contributed by atoms with E-state index in [-0.39, 0.29) is 28.9 Å². The van der Waals surface area contributed by atoms with Crippen molar-refractivity contribution in [1.82, 2.24) is 4.90 Å². The molecular weight excluding hydrogens is 421 g/mol. The second-order valence-corrected chi connectivity index (χ2v) is 9.01. The molecule has 1 atom stereocenters. The average Bonchev–Trinajstić information content (AvgIpc) is 3.41. The summed E-state index contributed by atoms with van der Waals surface area (Å²) in [5, 5.41) is 11.3. The normalized spacial score (nSPS) is 20.8. The molecule has 1 heterocycles. The van der Waals surface area contributed by atoms with Gasteiger partial charge in [0, 0.05) is 17.2 Å². The van der Waals surface area contributed by atoms with Crippen molar-refractivity contribution in [3.05, 3.63) is 70.5 Å². The molecule has 2 fully saturated rings. The van der Waals surface area contributed by atoms with Crippen molar-refractivity contribution in [3.8, 4) is 5.75 Å². The maximum atomic E-state index is 14.9. The molecule has 5 nitrogen and oxygen atoms in total. The summed E-state index contributed by atoms with van der Waals surface area (Å²) in [5.41, 5.74) is 1.46. The molecule has 6 heteroatoms. The van der Waals surface area contributed by atoms with Crippen LogP contribution in [-0.2, 0) is 9.59 Å². The minimum atomic E-state index is -0.955. The molecule has 33 heavy (non-hydrogen) atoms. The van der Waals surface area contributed by atoms with Crippen LogP contribution in [0.5, 0.6) is 5.75 Å². The molecule has 0 bridgehead atoms. The number of carbonyl (C=O) groups excluding carboxylic acids is 2. The number of rotatable bonds is 6. The quantitative estimate of drug-likeness (QED) is 0.347. The predicted octanol–water partition coefficient (Wildman–Crippen LogP) is 5.71. The van der Waals surface area contributed by atoms with Gasteiger partial charge < -0.3 is 14.7 Å². The first-order valence-corrected chi connectivity index (χ1v) is 11.7. The Morgan fingerprint density at radius 1 is 1.15 bits per heavy atom. The number of hydrogen-bond donors (Lipinski definition) is 1. The molecule has 1 aliphatic heterocycles. The summed E-state index contributed by atoms with van der Waals surface area (Å²) >= 11 is 0. The summed E-state index contributed by atoms with van der Waals surface area (Å²) in [7, 11) is 0. The van der Waals surface area contributed by atoms with Crippen molar-refractivity contribution in [2.24, 2.45) is 0 Å². The molecule has 1 unspecified atom stereocenters. The Kier molecular flexibility index (Phi) is 6.54. The van der Waals surface area contributed by atoms with Crippen LogP contribution in [0.3, 0.4) is 0 Å². The molecular formula is C27H30FNO4. The van der Waals surface area contributed by atoms with E-state index < -0.39 is 23.5 Å². The zero-order valence-electron chi connectivity index (χ0n) is 19.3. The van der Waals surface area contributed by atoms with Crippen LogP contribution in [0.4, 0.5) is 4.39 Å². The van der Waals surface area contributed by atoms with Crippen molar-refractivity contribution in [2.45, 2.75) is 64.5 Å². The molecule has 0 spiro atoms. The van der Waals surface area contributed by atoms with E-state index >= 15 is 0 Å². The van der Waals surface area contributed by atoms with E-state index in [4.69, 9.17) is 4.74 Å². The first kappa shape index (κ1) is 23.0. The van der Waals surface area contributed by atoms with Crippen molar-refractivity contribution in [1.29, 1.82) is 0 Å². The average molecular weight is 452 g/mol. The Hall–Kier alpha value is -3.15. The van der Waals surface area contributed by atoms with Crippen LogP contribution in [-0.4, -0.2) is 34.3 Å². The molecule has 0 aromatic heterocycles. The smallest absolute Gasteiger partial charge is 0.295 e. The highest BCUT2D eigenvalue weighted by Gasteiger charge is 2.49. The summed E-state index contributed by atoms with van der Waals surface area (Å²) in [6, 6.07) is 10.3. The Morgan fingerprint density at radius 3 is 2.48 bits per heavy atom. The fourth-order valence-electron chi connectivity index (χ4n) is 5.00. The molecule has 2 aromatic carbocycles. The van der Waals surface area contributed by atoms with Crippen molar-refractivity contribution in [3.63, 3.8) is 0 Å². The van der Waals surface area contributed by atoms with Gasteiger partial charge in [-0.15, -0.1) is 0 Å². The lowest BCUT2D eigenvalue weighted by Gasteiger charge is -2.31. The molecule has 2 aliphatic rings. The molecule has 1 N–H and O–H groups in total. The monoisotopic (exact) mass is 451 g/mol. The third kappa shape index (κ3) is 4.14. The van der Waals surface area contributed by atoms with E-state index in [9.17, 15) is 19.1 Å². The maximum absolute atomic E-state index is 14.9. The van der Waals surface area contributed by atoms with Gasteiger partial charge in [-0.2, -0.15) is 0 Å². The van der Waals surface area contributed by atoms with E-state index in [0.29, 0.717) is 17.9 Å². The summed E-state index contributed by atoms with van der Waals surface area (Å²) in [5.74, 6) is -1.41. The Morgan fingerprint density at radius 2 is 1.85 bits per heavy atom. The number of ether oxygens (including phenoxy) is 1. The van der Waals surface area contributed by atoms with E-state index in [2.05, 4.69) is 0 Å². The third-order valence-electron chi connectivity index (χ3n) is 6.60. The van der Waals surface area contributed by atoms with Gasteiger partial charge in [0.15, 0.2) is 0 Å². The fraction of sp³-hybridized carbons (Fsp3) is 0.407. The van der Waals surface area contributed by atoms with Crippen LogP contribution in [0.15, 0.2) is 48.0 Å². The zero-order chi connectivity index (χ0) is 23.7. The number of nitrogens with zero attached hydrogens (tertiary/aromatic N) is 1. The highest BCUT2D eigenvalue weighted by atomic mass is 19.1. The predicted molar refractivity (Wildman–Crippen MR) is 124 cm³/mol. The first-order valence-electron chi connectivity index (χ1n) is 11.7. The number of carbonyl (C=O) groups is 2. The van der Waals surface area contributed by atoms with Crippen LogP contribution in [0, 0.1) is 5.82 Å². The van der Waals surface area contributed by atoms with Crippen molar-refractivity contribution in [2.75, 3.05) is 6.61 Å². The highest BCUT2D eigenvalue weighted by Crippen LogP contribution is 2.44. The van der Waals surface area contributed by atoms with Crippen LogP contribution in [0.1, 0.15) is 75.1 Å². The number of likely N-dealkylation sites (tertiary alicyclic amines) is 1. The lowest BCUT2D eigenvalue weighted by Crippen LogP contribution is -2.38. The van der Waals surface area contributed by atoms with Gasteiger partial charge in [-0.25, -0.2) is 4.39 Å². The molecule has 174 valence electrons. The maximum Gasteiger partial charge on any atom is 0.295 e. The topological polar surface area (TPSA) is 66.8 Å². The van der Waals surface area contributed by atoms with E-state index in [1.165, 1.54) is 11.0 Å². The van der Waals surface area contributed by atoms with Gasteiger partial charge >= 0.3 is 0 Å². The van der Waals surface area contributed by atoms with Gasteiger partial charge in [0.05, 0.1) is 18.2 Å². The number of ketones is 1. The van der Waals surface area contributed by atoms with Gasteiger partial charge in [0.25, 0.3) is 11.7 Å². The number of aliphatic hydroxyl groups excluding tert-OH is 1. The molecule has 4 rings (SSSR count). The zero-order valence-corrected chi connectivity index (χ0v) is 19.3. The van der Waals surface area contributed by atoms with Gasteiger partial charge in [0.2, 0.25) is 0 Å². The largest absolute Gasteiger partial charge is 0.507 e. The Balaban J connectivity index is 1.89. The Labute approximate surface area is 193 Å². The minimum absolute atomic E-state index is 0.0594. The lowest BCUT2D eigenvalue weighted by atomic mass is 9.92. The standard InChI is InChI=1S/C27H30FNO4/c1-4-33-22-14-13-17(15-20(22)16(2)3)25(30)23-24(19-11-7-8-12-21(19)28)29(27(32)26(23)31)18-9-5-6-10-18/h7-8,11-16,18,24,30H,4-6,9-10H2,1-3H3/b25-23+. The number of benzene rings is 2. The van der Waals surface area contributed by atoms with Crippen LogP contribution < -0.4 is 4.74 Å². The number of hydrogen-bond acceptors (Lipinski definition) is 4. The number of aliphatic hydroxyl groups is 1. The SMILES string of the molecule is CCOc1ccc(/C(O)=C2\C(=O)C(=O)N(C3CCCC3)C2c2ccccc2F)cc1C(C)C. The number of Topliss-reactive ketones (excluding diaryl/α,β-unsaturated/α-hetero) is 1. The minimum Gasteiger partial charge on any atom is -0.507 e. The molecule has 1 aliphatic carbocycles. The van der Waals surface area contributed by atoms with E-state index in [1.807, 2.05) is 20.8 Å². The molecule has 1 amide bonds. The van der Waals surface area contributed by atoms with Crippen LogP contribution >= 0.6 is 0 Å².